The molecule has 0 unspecified atom stereocenters. The molecule has 0 N–H and O–H groups in total. The van der Waals surface area contributed by atoms with Crippen molar-refractivity contribution in [3.63, 3.8) is 0 Å². The molecule has 0 bridgehead atoms. The van der Waals surface area contributed by atoms with Crippen LogP contribution in [-0.2, 0) is 6.61 Å². The number of fused-ring (bicyclic) bond motifs is 1. The zero-order valence-electron chi connectivity index (χ0n) is 19.5. The van der Waals surface area contributed by atoms with E-state index in [1.165, 1.54) is 11.1 Å². The topological polar surface area (TPSA) is 56.5 Å². The Morgan fingerprint density at radius 2 is 1.75 bits per heavy atom. The second-order valence-corrected chi connectivity index (χ2v) is 11.2. The van der Waals surface area contributed by atoms with Crippen LogP contribution in [0.25, 0.3) is 10.9 Å². The van der Waals surface area contributed by atoms with Crippen LogP contribution >= 0.6 is 43.5 Å². The third-order valence-corrected chi connectivity index (χ3v) is 7.71. The fourth-order valence-electron chi connectivity index (χ4n) is 4.48. The molecule has 1 aliphatic rings. The van der Waals surface area contributed by atoms with Crippen molar-refractivity contribution in [3.05, 3.63) is 102 Å². The van der Waals surface area contributed by atoms with E-state index in [9.17, 15) is 4.79 Å². The number of aromatic nitrogens is 2. The van der Waals surface area contributed by atoms with Crippen molar-refractivity contribution in [2.45, 2.75) is 44.6 Å². The van der Waals surface area contributed by atoms with Crippen molar-refractivity contribution in [2.24, 2.45) is 5.10 Å². The summed E-state index contributed by atoms with van der Waals surface area (Å²) in [6.45, 7) is 0.416. The van der Waals surface area contributed by atoms with E-state index < -0.39 is 0 Å². The molecule has 184 valence electrons. The minimum Gasteiger partial charge on any atom is -0.487 e. The summed E-state index contributed by atoms with van der Waals surface area (Å²) in [5.74, 6) is 1.54. The Kier molecular flexibility index (Phi) is 7.89. The largest absolute Gasteiger partial charge is 0.487 e. The maximum Gasteiger partial charge on any atom is 0.282 e. The molecule has 1 aliphatic carbocycles. The van der Waals surface area contributed by atoms with Gasteiger partial charge in [-0.25, -0.2) is 4.98 Å². The van der Waals surface area contributed by atoms with E-state index in [2.05, 4.69) is 37.0 Å². The minimum absolute atomic E-state index is 0.168. The second kappa shape index (κ2) is 11.3. The Bertz CT molecular complexity index is 1480. The highest BCUT2D eigenvalue weighted by molar-refractivity contribution is 9.10. The highest BCUT2D eigenvalue weighted by Crippen LogP contribution is 2.32. The van der Waals surface area contributed by atoms with Crippen LogP contribution in [0.2, 0.25) is 5.02 Å². The normalized spacial score (nSPS) is 14.5. The van der Waals surface area contributed by atoms with Crippen LogP contribution in [0.3, 0.4) is 0 Å². The minimum atomic E-state index is -0.168. The smallest absolute Gasteiger partial charge is 0.282 e. The van der Waals surface area contributed by atoms with E-state index in [-0.39, 0.29) is 11.5 Å². The summed E-state index contributed by atoms with van der Waals surface area (Å²) in [5.41, 5.74) is 2.35. The summed E-state index contributed by atoms with van der Waals surface area (Å²) < 4.78 is 9.22. The SMILES string of the molecule is O=c1c2cc(Br)ccc2nc(C2CCCCC2)n1N=Cc1ccc(OCc2ccc(Br)cc2)c(Cl)c1. The van der Waals surface area contributed by atoms with Crippen LogP contribution in [0.15, 0.2) is 79.5 Å². The molecule has 0 amide bonds. The molecular weight excluding hydrogens is 606 g/mol. The van der Waals surface area contributed by atoms with Crippen LogP contribution in [-0.4, -0.2) is 15.9 Å². The second-order valence-electron chi connectivity index (χ2n) is 8.93. The molecule has 0 spiro atoms. The maximum absolute atomic E-state index is 13.5. The number of hydrogen-bond acceptors (Lipinski definition) is 4. The van der Waals surface area contributed by atoms with Gasteiger partial charge in [-0.3, -0.25) is 4.79 Å². The molecule has 1 saturated carbocycles. The van der Waals surface area contributed by atoms with Gasteiger partial charge in [-0.15, -0.1) is 0 Å². The first-order valence-electron chi connectivity index (χ1n) is 11.9. The average Bonchev–Trinajstić information content (AvgIpc) is 2.89. The van der Waals surface area contributed by atoms with Crippen LogP contribution in [0, 0.1) is 0 Å². The predicted octanol–water partition coefficient (Wildman–Crippen LogP) is 8.08. The fourth-order valence-corrected chi connectivity index (χ4v) is 5.35. The molecular formula is C28H24Br2ClN3O2. The van der Waals surface area contributed by atoms with Crippen LogP contribution in [0.5, 0.6) is 5.75 Å². The Morgan fingerprint density at radius 1 is 1.00 bits per heavy atom. The number of benzene rings is 3. The lowest BCUT2D eigenvalue weighted by atomic mass is 9.88. The van der Waals surface area contributed by atoms with Gasteiger partial charge in [0, 0.05) is 14.9 Å². The standard InChI is InChI=1S/C28H24Br2ClN3O2/c29-21-9-6-18(7-10-21)17-36-26-13-8-19(14-24(26)31)16-32-34-27(20-4-2-1-3-5-20)33-25-12-11-22(30)15-23(25)28(34)35/h6-16,20H,1-5,17H2. The number of rotatable bonds is 6. The Labute approximate surface area is 231 Å². The summed E-state index contributed by atoms with van der Waals surface area (Å²) in [7, 11) is 0. The molecule has 5 nitrogen and oxygen atoms in total. The fraction of sp³-hybridized carbons (Fsp3) is 0.250. The third kappa shape index (κ3) is 5.74. The van der Waals surface area contributed by atoms with Crippen molar-refractivity contribution in [2.75, 3.05) is 0 Å². The van der Waals surface area contributed by atoms with E-state index in [1.807, 2.05) is 48.5 Å². The highest BCUT2D eigenvalue weighted by atomic mass is 79.9. The van der Waals surface area contributed by atoms with Gasteiger partial charge < -0.3 is 4.74 Å². The summed E-state index contributed by atoms with van der Waals surface area (Å²) in [6, 6.07) is 19.0. The Hall–Kier alpha value is -2.48. The maximum atomic E-state index is 13.5. The van der Waals surface area contributed by atoms with Gasteiger partial charge in [0.2, 0.25) is 0 Å². The van der Waals surface area contributed by atoms with Crippen molar-refractivity contribution >= 4 is 60.6 Å². The molecule has 0 aliphatic heterocycles. The Morgan fingerprint density at radius 3 is 2.50 bits per heavy atom. The molecule has 3 aromatic carbocycles. The molecule has 8 heteroatoms. The third-order valence-electron chi connectivity index (χ3n) is 6.39. The van der Waals surface area contributed by atoms with E-state index in [0.29, 0.717) is 28.3 Å². The van der Waals surface area contributed by atoms with E-state index >= 15 is 0 Å². The average molecular weight is 630 g/mol. The van der Waals surface area contributed by atoms with Gasteiger partial charge in [-0.05, 0) is 72.5 Å². The van der Waals surface area contributed by atoms with Crippen molar-refractivity contribution in [1.82, 2.24) is 9.66 Å². The highest BCUT2D eigenvalue weighted by Gasteiger charge is 2.22. The molecule has 36 heavy (non-hydrogen) atoms. The quantitative estimate of drug-likeness (QED) is 0.203. The van der Waals surface area contributed by atoms with Crippen LogP contribution in [0.4, 0.5) is 0 Å². The monoisotopic (exact) mass is 627 g/mol. The summed E-state index contributed by atoms with van der Waals surface area (Å²) >= 11 is 13.4. The van der Waals surface area contributed by atoms with Gasteiger partial charge in [0.1, 0.15) is 18.2 Å². The number of nitrogens with zero attached hydrogens (tertiary/aromatic N) is 3. The molecule has 0 radical (unpaired) electrons. The van der Waals surface area contributed by atoms with Crippen molar-refractivity contribution < 1.29 is 4.74 Å². The first-order chi connectivity index (χ1) is 17.5. The molecule has 4 aromatic rings. The summed E-state index contributed by atoms with van der Waals surface area (Å²) in [5, 5.41) is 5.62. The van der Waals surface area contributed by atoms with Gasteiger partial charge in [0.25, 0.3) is 5.56 Å². The van der Waals surface area contributed by atoms with E-state index in [1.54, 1.807) is 18.3 Å². The molecule has 0 saturated heterocycles. The first-order valence-corrected chi connectivity index (χ1v) is 13.9. The zero-order valence-corrected chi connectivity index (χ0v) is 23.4. The lowest BCUT2D eigenvalue weighted by Crippen LogP contribution is -2.25. The van der Waals surface area contributed by atoms with E-state index in [0.717, 1.165) is 51.6 Å². The zero-order chi connectivity index (χ0) is 25.1. The van der Waals surface area contributed by atoms with Crippen LogP contribution in [0.1, 0.15) is 55.0 Å². The van der Waals surface area contributed by atoms with Gasteiger partial charge in [0.05, 0.1) is 22.1 Å². The molecule has 0 atom stereocenters. The summed E-state index contributed by atoms with van der Waals surface area (Å²) in [4.78, 5) is 18.3. The predicted molar refractivity (Wildman–Crippen MR) is 152 cm³/mol. The Balaban J connectivity index is 1.43. The van der Waals surface area contributed by atoms with Crippen molar-refractivity contribution in [3.8, 4) is 5.75 Å². The van der Waals surface area contributed by atoms with Gasteiger partial charge in [-0.1, -0.05) is 74.9 Å². The lowest BCUT2D eigenvalue weighted by Gasteiger charge is -2.22. The lowest BCUT2D eigenvalue weighted by molar-refractivity contribution is 0.306. The first kappa shape index (κ1) is 25.2. The van der Waals surface area contributed by atoms with Gasteiger partial charge in [0.15, 0.2) is 0 Å². The van der Waals surface area contributed by atoms with Crippen molar-refractivity contribution in [1.29, 1.82) is 0 Å². The van der Waals surface area contributed by atoms with Gasteiger partial charge >= 0.3 is 0 Å². The van der Waals surface area contributed by atoms with E-state index in [4.69, 9.17) is 21.3 Å². The number of ether oxygens (including phenoxy) is 1. The van der Waals surface area contributed by atoms with Gasteiger partial charge in [-0.2, -0.15) is 9.78 Å². The summed E-state index contributed by atoms with van der Waals surface area (Å²) in [6.07, 6.45) is 7.18. The molecule has 1 aromatic heterocycles. The molecule has 1 heterocycles. The number of halogens is 3. The molecule has 5 rings (SSSR count). The number of hydrogen-bond donors (Lipinski definition) is 0. The van der Waals surface area contributed by atoms with Crippen LogP contribution < -0.4 is 10.3 Å². The molecule has 1 fully saturated rings.